The Morgan fingerprint density at radius 3 is 2.77 bits per heavy atom. The van der Waals surface area contributed by atoms with E-state index in [1.807, 2.05) is 18.2 Å². The standard InChI is InChI=1S/C17H26N2O3/c1-21-15-9-8-13(12-19-17(20)7-4-10-18)11-16(15)22-14-5-2-3-6-14/h8-9,11,14H,2-7,10,12,18H2,1H3,(H,19,20). The number of rotatable bonds is 8. The summed E-state index contributed by atoms with van der Waals surface area (Å²) in [6.07, 6.45) is 6.12. The van der Waals surface area contributed by atoms with Crippen molar-refractivity contribution in [3.05, 3.63) is 23.8 Å². The summed E-state index contributed by atoms with van der Waals surface area (Å²) in [5.74, 6) is 1.53. The number of ether oxygens (including phenoxy) is 2. The molecule has 0 saturated heterocycles. The molecule has 0 aliphatic heterocycles. The molecular formula is C17H26N2O3. The number of methoxy groups -OCH3 is 1. The predicted octanol–water partition coefficient (Wildman–Crippen LogP) is 2.37. The highest BCUT2D eigenvalue weighted by Crippen LogP contribution is 2.32. The molecule has 3 N–H and O–H groups in total. The monoisotopic (exact) mass is 306 g/mol. The smallest absolute Gasteiger partial charge is 0.220 e. The lowest BCUT2D eigenvalue weighted by Gasteiger charge is -2.17. The molecule has 22 heavy (non-hydrogen) atoms. The fourth-order valence-electron chi connectivity index (χ4n) is 2.66. The molecule has 1 aliphatic rings. The molecule has 0 aromatic heterocycles. The lowest BCUT2D eigenvalue weighted by Crippen LogP contribution is -2.23. The van der Waals surface area contributed by atoms with Crippen LogP contribution in [0.25, 0.3) is 0 Å². The van der Waals surface area contributed by atoms with Crippen molar-refractivity contribution in [2.24, 2.45) is 5.73 Å². The van der Waals surface area contributed by atoms with Crippen LogP contribution in [0.15, 0.2) is 18.2 Å². The Kier molecular flexibility index (Phi) is 6.52. The van der Waals surface area contributed by atoms with Crippen molar-refractivity contribution in [3.8, 4) is 11.5 Å². The normalized spacial score (nSPS) is 14.8. The quantitative estimate of drug-likeness (QED) is 0.773. The zero-order valence-electron chi connectivity index (χ0n) is 13.3. The van der Waals surface area contributed by atoms with Crippen molar-refractivity contribution in [2.75, 3.05) is 13.7 Å². The number of hydrogen-bond donors (Lipinski definition) is 2. The Balaban J connectivity index is 1.95. The minimum atomic E-state index is 0.0273. The minimum Gasteiger partial charge on any atom is -0.493 e. The van der Waals surface area contributed by atoms with Crippen LogP contribution in [0.2, 0.25) is 0 Å². The van der Waals surface area contributed by atoms with E-state index >= 15 is 0 Å². The van der Waals surface area contributed by atoms with Crippen molar-refractivity contribution < 1.29 is 14.3 Å². The number of benzene rings is 1. The largest absolute Gasteiger partial charge is 0.493 e. The van der Waals surface area contributed by atoms with E-state index in [-0.39, 0.29) is 12.0 Å². The SMILES string of the molecule is COc1ccc(CNC(=O)CCCN)cc1OC1CCCC1. The highest BCUT2D eigenvalue weighted by Gasteiger charge is 2.18. The summed E-state index contributed by atoms with van der Waals surface area (Å²) in [7, 11) is 1.64. The maximum Gasteiger partial charge on any atom is 0.220 e. The summed E-state index contributed by atoms with van der Waals surface area (Å²) in [5.41, 5.74) is 6.41. The van der Waals surface area contributed by atoms with E-state index in [4.69, 9.17) is 15.2 Å². The lowest BCUT2D eigenvalue weighted by atomic mass is 10.2. The van der Waals surface area contributed by atoms with Gasteiger partial charge in [0.2, 0.25) is 5.91 Å². The van der Waals surface area contributed by atoms with Crippen molar-refractivity contribution in [3.63, 3.8) is 0 Å². The van der Waals surface area contributed by atoms with Gasteiger partial charge in [-0.3, -0.25) is 4.79 Å². The number of hydrogen-bond acceptors (Lipinski definition) is 4. The molecule has 0 unspecified atom stereocenters. The highest BCUT2D eigenvalue weighted by atomic mass is 16.5. The van der Waals surface area contributed by atoms with Crippen molar-refractivity contribution in [1.29, 1.82) is 0 Å². The van der Waals surface area contributed by atoms with E-state index in [0.29, 0.717) is 25.9 Å². The van der Waals surface area contributed by atoms with Crippen LogP contribution in [0, 0.1) is 0 Å². The van der Waals surface area contributed by atoms with Gasteiger partial charge in [-0.15, -0.1) is 0 Å². The number of amides is 1. The van der Waals surface area contributed by atoms with Gasteiger partial charge in [0, 0.05) is 13.0 Å². The number of nitrogens with two attached hydrogens (primary N) is 1. The second-order valence-corrected chi connectivity index (χ2v) is 5.68. The first-order chi connectivity index (χ1) is 10.7. The fourth-order valence-corrected chi connectivity index (χ4v) is 2.66. The van der Waals surface area contributed by atoms with Gasteiger partial charge in [0.05, 0.1) is 13.2 Å². The van der Waals surface area contributed by atoms with Crippen LogP contribution < -0.4 is 20.5 Å². The average molecular weight is 306 g/mol. The summed E-state index contributed by atoms with van der Waals surface area (Å²) >= 11 is 0. The topological polar surface area (TPSA) is 73.6 Å². The van der Waals surface area contributed by atoms with Crippen molar-refractivity contribution in [1.82, 2.24) is 5.32 Å². The van der Waals surface area contributed by atoms with E-state index in [2.05, 4.69) is 5.32 Å². The lowest BCUT2D eigenvalue weighted by molar-refractivity contribution is -0.121. The van der Waals surface area contributed by atoms with E-state index in [9.17, 15) is 4.79 Å². The van der Waals surface area contributed by atoms with Gasteiger partial charge in [-0.2, -0.15) is 0 Å². The van der Waals surface area contributed by atoms with Crippen LogP contribution in [0.3, 0.4) is 0 Å². The predicted molar refractivity (Wildman–Crippen MR) is 86.0 cm³/mol. The Hall–Kier alpha value is -1.75. The molecule has 0 spiro atoms. The number of carbonyl (C=O) groups is 1. The van der Waals surface area contributed by atoms with Gasteiger partial charge in [-0.25, -0.2) is 0 Å². The zero-order valence-corrected chi connectivity index (χ0v) is 13.3. The highest BCUT2D eigenvalue weighted by molar-refractivity contribution is 5.75. The van der Waals surface area contributed by atoms with Crippen LogP contribution in [0.5, 0.6) is 11.5 Å². The fraction of sp³-hybridized carbons (Fsp3) is 0.588. The first kappa shape index (κ1) is 16.6. The Bertz CT molecular complexity index is 485. The average Bonchev–Trinajstić information content (AvgIpc) is 3.04. The van der Waals surface area contributed by atoms with E-state index in [1.165, 1.54) is 12.8 Å². The molecule has 0 bridgehead atoms. The van der Waals surface area contributed by atoms with Crippen molar-refractivity contribution >= 4 is 5.91 Å². The summed E-state index contributed by atoms with van der Waals surface area (Å²) in [4.78, 5) is 11.6. The molecule has 0 radical (unpaired) electrons. The third kappa shape index (κ3) is 4.91. The third-order valence-corrected chi connectivity index (χ3v) is 3.92. The van der Waals surface area contributed by atoms with Gasteiger partial charge in [0.25, 0.3) is 0 Å². The van der Waals surface area contributed by atoms with E-state index in [0.717, 1.165) is 29.9 Å². The van der Waals surface area contributed by atoms with Crippen LogP contribution in [-0.2, 0) is 11.3 Å². The Morgan fingerprint density at radius 1 is 1.32 bits per heavy atom. The number of nitrogens with one attached hydrogen (secondary N) is 1. The molecule has 2 rings (SSSR count). The Morgan fingerprint density at radius 2 is 2.09 bits per heavy atom. The molecule has 1 saturated carbocycles. The second-order valence-electron chi connectivity index (χ2n) is 5.68. The maximum absolute atomic E-state index is 11.6. The third-order valence-electron chi connectivity index (χ3n) is 3.92. The zero-order chi connectivity index (χ0) is 15.8. The molecule has 0 atom stereocenters. The maximum atomic E-state index is 11.6. The molecule has 1 amide bonds. The van der Waals surface area contributed by atoms with E-state index < -0.39 is 0 Å². The molecule has 5 heteroatoms. The molecule has 1 fully saturated rings. The molecule has 5 nitrogen and oxygen atoms in total. The molecule has 1 aliphatic carbocycles. The van der Waals surface area contributed by atoms with Crippen LogP contribution in [-0.4, -0.2) is 25.7 Å². The van der Waals surface area contributed by atoms with Crippen molar-refractivity contribution in [2.45, 2.75) is 51.2 Å². The molecular weight excluding hydrogens is 280 g/mol. The summed E-state index contributed by atoms with van der Waals surface area (Å²) < 4.78 is 11.4. The van der Waals surface area contributed by atoms with Gasteiger partial charge in [-0.05, 0) is 56.3 Å². The number of carbonyl (C=O) groups excluding carboxylic acids is 1. The first-order valence-corrected chi connectivity index (χ1v) is 8.03. The summed E-state index contributed by atoms with van der Waals surface area (Å²) in [6.45, 7) is 1.03. The summed E-state index contributed by atoms with van der Waals surface area (Å²) in [5, 5.41) is 2.90. The van der Waals surface area contributed by atoms with Gasteiger partial charge in [-0.1, -0.05) is 6.07 Å². The first-order valence-electron chi connectivity index (χ1n) is 8.03. The van der Waals surface area contributed by atoms with Crippen LogP contribution in [0.4, 0.5) is 0 Å². The minimum absolute atomic E-state index is 0.0273. The molecule has 1 aromatic rings. The van der Waals surface area contributed by atoms with Gasteiger partial charge < -0.3 is 20.5 Å². The summed E-state index contributed by atoms with van der Waals surface area (Å²) in [6, 6.07) is 5.80. The van der Waals surface area contributed by atoms with Gasteiger partial charge in [0.15, 0.2) is 11.5 Å². The molecule has 0 heterocycles. The van der Waals surface area contributed by atoms with Gasteiger partial charge >= 0.3 is 0 Å². The van der Waals surface area contributed by atoms with Crippen LogP contribution in [0.1, 0.15) is 44.1 Å². The Labute approximate surface area is 132 Å². The molecule has 1 aromatic carbocycles. The van der Waals surface area contributed by atoms with Gasteiger partial charge in [0.1, 0.15) is 0 Å². The second kappa shape index (κ2) is 8.63. The van der Waals surface area contributed by atoms with Crippen LogP contribution >= 0.6 is 0 Å². The molecule has 122 valence electrons. The van der Waals surface area contributed by atoms with E-state index in [1.54, 1.807) is 7.11 Å².